The molecule has 1 aliphatic heterocycles. The normalized spacial score (nSPS) is 17.7. The lowest BCUT2D eigenvalue weighted by Gasteiger charge is -2.46. The van der Waals surface area contributed by atoms with Crippen LogP contribution in [0.4, 0.5) is 10.5 Å². The molecule has 2 heterocycles. The molecule has 4 rings (SSSR count). The molecule has 7 nitrogen and oxygen atoms in total. The van der Waals surface area contributed by atoms with Gasteiger partial charge in [-0.1, -0.05) is 37.3 Å². The van der Waals surface area contributed by atoms with E-state index in [1.807, 2.05) is 6.07 Å². The van der Waals surface area contributed by atoms with Crippen LogP contribution in [0.25, 0.3) is 0 Å². The number of hydrogen-bond donors (Lipinski definition) is 3. The van der Waals surface area contributed by atoms with Crippen LogP contribution in [-0.2, 0) is 12.0 Å². The van der Waals surface area contributed by atoms with Crippen LogP contribution in [0.3, 0.4) is 0 Å². The second-order valence-corrected chi connectivity index (χ2v) is 8.75. The molecular weight excluding hydrogens is 440 g/mol. The number of anilines is 1. The summed E-state index contributed by atoms with van der Waals surface area (Å²) in [4.78, 5) is 16.6. The molecule has 2 amide bonds. The summed E-state index contributed by atoms with van der Waals surface area (Å²) in [6.07, 6.45) is 5.86. The Balaban J connectivity index is 1.67. The summed E-state index contributed by atoms with van der Waals surface area (Å²) in [6, 6.07) is 18.1. The van der Waals surface area contributed by atoms with Crippen LogP contribution in [0.1, 0.15) is 42.4 Å². The third kappa shape index (κ3) is 5.25. The van der Waals surface area contributed by atoms with Gasteiger partial charge in [-0.3, -0.25) is 4.98 Å². The second kappa shape index (κ2) is 11.2. The van der Waals surface area contributed by atoms with Gasteiger partial charge in [-0.2, -0.15) is 0 Å². The summed E-state index contributed by atoms with van der Waals surface area (Å²) >= 11 is 0. The number of amides is 2. The van der Waals surface area contributed by atoms with Gasteiger partial charge in [0.25, 0.3) is 0 Å². The number of pyridine rings is 1. The van der Waals surface area contributed by atoms with Crippen LogP contribution in [-0.4, -0.2) is 38.3 Å². The van der Waals surface area contributed by atoms with Crippen LogP contribution < -0.4 is 25.4 Å². The molecule has 3 aromatic rings. The van der Waals surface area contributed by atoms with Crippen LogP contribution in [0.5, 0.6) is 11.5 Å². The van der Waals surface area contributed by atoms with Crippen LogP contribution >= 0.6 is 0 Å². The summed E-state index contributed by atoms with van der Waals surface area (Å²) in [5, 5.41) is 9.80. The van der Waals surface area contributed by atoms with E-state index in [1.165, 1.54) is 16.7 Å². The Morgan fingerprint density at radius 3 is 2.49 bits per heavy atom. The molecule has 184 valence electrons. The Morgan fingerprint density at radius 1 is 1.09 bits per heavy atom. The first-order chi connectivity index (χ1) is 17.1. The number of benzene rings is 2. The number of aromatic nitrogens is 1. The van der Waals surface area contributed by atoms with Crippen molar-refractivity contribution in [1.82, 2.24) is 15.6 Å². The Hall–Kier alpha value is -3.58. The van der Waals surface area contributed by atoms with Gasteiger partial charge in [-0.15, -0.1) is 0 Å². The third-order valence-electron chi connectivity index (χ3n) is 6.87. The summed E-state index contributed by atoms with van der Waals surface area (Å²) in [5.41, 5.74) is 4.05. The molecule has 35 heavy (non-hydrogen) atoms. The average Bonchev–Trinajstić information content (AvgIpc) is 2.89. The molecule has 0 aliphatic carbocycles. The summed E-state index contributed by atoms with van der Waals surface area (Å²) in [7, 11) is 3.34. The van der Waals surface area contributed by atoms with Crippen molar-refractivity contribution >= 4 is 11.7 Å². The lowest BCUT2D eigenvalue weighted by Crippen LogP contribution is -2.53. The highest BCUT2D eigenvalue weighted by Crippen LogP contribution is 2.47. The maximum absolute atomic E-state index is 12.6. The minimum absolute atomic E-state index is 0.200. The molecule has 7 heteroatoms. The molecule has 0 saturated carbocycles. The molecule has 2 aromatic carbocycles. The lowest BCUT2D eigenvalue weighted by atomic mass is 9.68. The maximum atomic E-state index is 12.6. The number of carbonyl (C=O) groups is 1. The van der Waals surface area contributed by atoms with Crippen molar-refractivity contribution in [3.8, 4) is 11.5 Å². The number of nitrogens with zero attached hydrogens (tertiary/aromatic N) is 1. The second-order valence-electron chi connectivity index (χ2n) is 8.75. The predicted molar refractivity (Wildman–Crippen MR) is 138 cm³/mol. The minimum atomic E-state index is -0.382. The van der Waals surface area contributed by atoms with Gasteiger partial charge in [0.2, 0.25) is 0 Å². The van der Waals surface area contributed by atoms with Crippen molar-refractivity contribution in [3.05, 3.63) is 83.7 Å². The van der Waals surface area contributed by atoms with E-state index in [1.54, 1.807) is 38.7 Å². The van der Waals surface area contributed by atoms with Crippen LogP contribution in [0, 0.1) is 0 Å². The third-order valence-corrected chi connectivity index (χ3v) is 6.87. The molecule has 0 spiro atoms. The van der Waals surface area contributed by atoms with E-state index in [4.69, 9.17) is 9.47 Å². The van der Waals surface area contributed by atoms with E-state index in [9.17, 15) is 4.79 Å². The van der Waals surface area contributed by atoms with E-state index >= 15 is 0 Å². The first kappa shape index (κ1) is 24.5. The highest BCUT2D eigenvalue weighted by Gasteiger charge is 2.43. The highest BCUT2D eigenvalue weighted by molar-refractivity contribution is 5.89. The number of ether oxygens (including phenoxy) is 2. The van der Waals surface area contributed by atoms with Crippen molar-refractivity contribution in [2.24, 2.45) is 0 Å². The fraction of sp³-hybridized carbons (Fsp3) is 0.357. The number of fused-ring (bicyclic) bond motifs is 1. The zero-order valence-corrected chi connectivity index (χ0v) is 20.6. The van der Waals surface area contributed by atoms with E-state index in [-0.39, 0.29) is 17.5 Å². The summed E-state index contributed by atoms with van der Waals surface area (Å²) in [6.45, 7) is 3.57. The summed E-state index contributed by atoms with van der Waals surface area (Å²) < 4.78 is 11.3. The lowest BCUT2D eigenvalue weighted by molar-refractivity contribution is 0.222. The molecule has 2 unspecified atom stereocenters. The summed E-state index contributed by atoms with van der Waals surface area (Å²) in [5.74, 6) is 1.65. The first-order valence-corrected chi connectivity index (χ1v) is 12.1. The van der Waals surface area contributed by atoms with Gasteiger partial charge in [0.1, 0.15) is 0 Å². The van der Waals surface area contributed by atoms with Gasteiger partial charge < -0.3 is 25.4 Å². The first-order valence-electron chi connectivity index (χ1n) is 12.1. The number of hydrogen-bond acceptors (Lipinski definition) is 5. The Bertz CT molecular complexity index is 1120. The molecule has 1 aliphatic rings. The maximum Gasteiger partial charge on any atom is 0.319 e. The van der Waals surface area contributed by atoms with Gasteiger partial charge in [-0.25, -0.2) is 4.79 Å². The number of urea groups is 1. The molecular formula is C28H34N4O3. The van der Waals surface area contributed by atoms with Gasteiger partial charge in [-0.05, 0) is 60.2 Å². The fourth-order valence-corrected chi connectivity index (χ4v) is 5.30. The number of carbonyl (C=O) groups excluding carboxylic acids is 1. The van der Waals surface area contributed by atoms with Gasteiger partial charge >= 0.3 is 6.03 Å². The SMILES string of the molecule is CCC(c1ccccc1)C1(CCNC(=O)Nc2ccncc2)NCCc2cc(OC)c(OC)cc21. The van der Waals surface area contributed by atoms with E-state index < -0.39 is 0 Å². The quantitative estimate of drug-likeness (QED) is 0.413. The van der Waals surface area contributed by atoms with E-state index in [2.05, 4.69) is 64.3 Å². The standard InChI is InChI=1S/C28H34N4O3/c1-4-23(20-8-6-5-7-9-20)28(13-17-30-27(33)32-22-11-14-29-15-12-22)24-19-26(35-3)25(34-2)18-21(24)10-16-31-28/h5-9,11-12,14-15,18-19,23,31H,4,10,13,16-17H2,1-3H3,(H2,29,30,32,33). The van der Waals surface area contributed by atoms with E-state index in [0.29, 0.717) is 24.4 Å². The van der Waals surface area contributed by atoms with E-state index in [0.717, 1.165) is 25.1 Å². The molecule has 0 fully saturated rings. The monoisotopic (exact) mass is 474 g/mol. The number of rotatable bonds is 9. The topological polar surface area (TPSA) is 84.5 Å². The van der Waals surface area contributed by atoms with Crippen molar-refractivity contribution in [2.45, 2.75) is 37.6 Å². The van der Waals surface area contributed by atoms with Gasteiger partial charge in [0.15, 0.2) is 11.5 Å². The zero-order valence-electron chi connectivity index (χ0n) is 20.6. The fourth-order valence-electron chi connectivity index (χ4n) is 5.30. The molecule has 0 saturated heterocycles. The number of methoxy groups -OCH3 is 2. The molecule has 0 bridgehead atoms. The largest absolute Gasteiger partial charge is 0.493 e. The Labute approximate surface area is 207 Å². The van der Waals surface area contributed by atoms with Crippen molar-refractivity contribution in [1.29, 1.82) is 0 Å². The van der Waals surface area contributed by atoms with Crippen molar-refractivity contribution < 1.29 is 14.3 Å². The molecule has 0 radical (unpaired) electrons. The average molecular weight is 475 g/mol. The zero-order chi connectivity index (χ0) is 24.7. The van der Waals surface area contributed by atoms with Crippen LogP contribution in [0.15, 0.2) is 67.0 Å². The smallest absolute Gasteiger partial charge is 0.319 e. The van der Waals surface area contributed by atoms with Crippen molar-refractivity contribution in [2.75, 3.05) is 32.6 Å². The Kier molecular flexibility index (Phi) is 7.87. The van der Waals surface area contributed by atoms with Crippen LogP contribution in [0.2, 0.25) is 0 Å². The van der Waals surface area contributed by atoms with Gasteiger partial charge in [0, 0.05) is 37.1 Å². The molecule has 2 atom stereocenters. The Morgan fingerprint density at radius 2 is 1.80 bits per heavy atom. The minimum Gasteiger partial charge on any atom is -0.493 e. The van der Waals surface area contributed by atoms with Crippen molar-refractivity contribution in [3.63, 3.8) is 0 Å². The highest BCUT2D eigenvalue weighted by atomic mass is 16.5. The number of nitrogens with one attached hydrogen (secondary N) is 3. The molecule has 3 N–H and O–H groups in total. The predicted octanol–water partition coefficient (Wildman–Crippen LogP) is 4.85. The molecule has 1 aromatic heterocycles. The van der Waals surface area contributed by atoms with Gasteiger partial charge in [0.05, 0.1) is 19.8 Å².